The molecule has 0 fully saturated rings. The quantitative estimate of drug-likeness (QED) is 0.512. The van der Waals surface area contributed by atoms with Crippen LogP contribution in [-0.4, -0.2) is 24.2 Å². The van der Waals surface area contributed by atoms with Crippen molar-refractivity contribution in [1.29, 1.82) is 5.41 Å². The molecule has 0 saturated heterocycles. The Labute approximate surface area is 68.2 Å². The molecule has 2 atom stereocenters. The van der Waals surface area contributed by atoms with Gasteiger partial charge in [0.1, 0.15) is 11.9 Å². The van der Waals surface area contributed by atoms with Crippen molar-refractivity contribution < 1.29 is 17.9 Å². The van der Waals surface area contributed by atoms with Gasteiger partial charge in [-0.15, -0.1) is 0 Å². The highest BCUT2D eigenvalue weighted by Gasteiger charge is 2.38. The van der Waals surface area contributed by atoms with Gasteiger partial charge < -0.3 is 10.5 Å². The van der Waals surface area contributed by atoms with Crippen LogP contribution in [0.5, 0.6) is 0 Å². The van der Waals surface area contributed by atoms with E-state index in [-0.39, 0.29) is 0 Å². The highest BCUT2D eigenvalue weighted by molar-refractivity contribution is 5.81. The molecule has 12 heavy (non-hydrogen) atoms. The molecule has 3 nitrogen and oxygen atoms in total. The van der Waals surface area contributed by atoms with Crippen LogP contribution in [0, 0.1) is 5.41 Å². The number of alkyl halides is 3. The van der Waals surface area contributed by atoms with Crippen molar-refractivity contribution in [2.75, 3.05) is 0 Å². The fourth-order valence-electron chi connectivity index (χ4n) is 0.457. The highest BCUT2D eigenvalue weighted by atomic mass is 19.4. The minimum Gasteiger partial charge on any atom is -0.385 e. The van der Waals surface area contributed by atoms with Gasteiger partial charge in [0.15, 0.2) is 6.10 Å². The van der Waals surface area contributed by atoms with Gasteiger partial charge in [0.2, 0.25) is 0 Å². The fourth-order valence-corrected chi connectivity index (χ4v) is 0.457. The lowest BCUT2D eigenvalue weighted by atomic mass is 10.3. The van der Waals surface area contributed by atoms with E-state index < -0.39 is 24.2 Å². The minimum atomic E-state index is -4.40. The van der Waals surface area contributed by atoms with Crippen LogP contribution in [0.4, 0.5) is 13.2 Å². The SMILES string of the molecule is CC(OC(C)C(F)(F)F)C(=N)N. The summed E-state index contributed by atoms with van der Waals surface area (Å²) in [6.07, 6.45) is -7.29. The van der Waals surface area contributed by atoms with Gasteiger partial charge in [0.05, 0.1) is 0 Å². The van der Waals surface area contributed by atoms with Crippen LogP contribution in [-0.2, 0) is 4.74 Å². The number of amidine groups is 1. The van der Waals surface area contributed by atoms with Crippen molar-refractivity contribution in [1.82, 2.24) is 0 Å². The third kappa shape index (κ3) is 3.56. The van der Waals surface area contributed by atoms with Gasteiger partial charge in [-0.3, -0.25) is 5.41 Å². The lowest BCUT2D eigenvalue weighted by molar-refractivity contribution is -0.218. The Morgan fingerprint density at radius 2 is 1.83 bits per heavy atom. The first-order valence-corrected chi connectivity index (χ1v) is 3.31. The van der Waals surface area contributed by atoms with Crippen LogP contribution in [0.25, 0.3) is 0 Å². The highest BCUT2D eigenvalue weighted by Crippen LogP contribution is 2.23. The van der Waals surface area contributed by atoms with Crippen molar-refractivity contribution >= 4 is 5.84 Å². The first-order chi connectivity index (χ1) is 5.25. The van der Waals surface area contributed by atoms with Crippen LogP contribution in [0.3, 0.4) is 0 Å². The number of hydrogen-bond donors (Lipinski definition) is 2. The van der Waals surface area contributed by atoms with Crippen molar-refractivity contribution in [3.8, 4) is 0 Å². The molecule has 0 aromatic carbocycles. The Morgan fingerprint density at radius 3 is 2.08 bits per heavy atom. The van der Waals surface area contributed by atoms with E-state index in [0.717, 1.165) is 6.92 Å². The Morgan fingerprint density at radius 1 is 1.42 bits per heavy atom. The van der Waals surface area contributed by atoms with Crippen LogP contribution < -0.4 is 5.73 Å². The summed E-state index contributed by atoms with van der Waals surface area (Å²) in [4.78, 5) is 0. The third-order valence-corrected chi connectivity index (χ3v) is 1.31. The Balaban J connectivity index is 4.01. The molecule has 0 aliphatic rings. The maximum Gasteiger partial charge on any atom is 0.414 e. The second-order valence-electron chi connectivity index (χ2n) is 2.42. The van der Waals surface area contributed by atoms with Crippen LogP contribution in [0.15, 0.2) is 0 Å². The van der Waals surface area contributed by atoms with Gasteiger partial charge in [-0.25, -0.2) is 0 Å². The molecule has 0 aromatic heterocycles. The van der Waals surface area contributed by atoms with Crippen molar-refractivity contribution in [2.24, 2.45) is 5.73 Å². The second kappa shape index (κ2) is 3.75. The topological polar surface area (TPSA) is 59.1 Å². The average molecular weight is 184 g/mol. The van der Waals surface area contributed by atoms with E-state index >= 15 is 0 Å². The summed E-state index contributed by atoms with van der Waals surface area (Å²) in [5.74, 6) is -0.411. The summed E-state index contributed by atoms with van der Waals surface area (Å²) >= 11 is 0. The molecule has 0 aliphatic heterocycles. The zero-order valence-corrected chi connectivity index (χ0v) is 6.77. The zero-order chi connectivity index (χ0) is 9.94. The molecule has 0 rings (SSSR count). The molecule has 0 heterocycles. The van der Waals surface area contributed by atoms with Crippen LogP contribution >= 0.6 is 0 Å². The molecule has 0 bridgehead atoms. The van der Waals surface area contributed by atoms with E-state index in [0.29, 0.717) is 0 Å². The van der Waals surface area contributed by atoms with E-state index in [1.807, 2.05) is 0 Å². The Kier molecular flexibility index (Phi) is 3.51. The summed E-state index contributed by atoms with van der Waals surface area (Å²) in [6.45, 7) is 2.17. The van der Waals surface area contributed by atoms with Gasteiger partial charge in [-0.05, 0) is 13.8 Å². The third-order valence-electron chi connectivity index (χ3n) is 1.31. The van der Waals surface area contributed by atoms with Gasteiger partial charge >= 0.3 is 6.18 Å². The van der Waals surface area contributed by atoms with Gasteiger partial charge in [0.25, 0.3) is 0 Å². The predicted molar refractivity (Wildman–Crippen MR) is 38.0 cm³/mol. The molecule has 0 aliphatic carbocycles. The summed E-state index contributed by atoms with van der Waals surface area (Å²) < 4.78 is 39.9. The maximum absolute atomic E-state index is 11.8. The summed E-state index contributed by atoms with van der Waals surface area (Å²) in [5, 5.41) is 6.78. The number of halogens is 3. The van der Waals surface area contributed by atoms with E-state index in [9.17, 15) is 13.2 Å². The smallest absolute Gasteiger partial charge is 0.385 e. The van der Waals surface area contributed by atoms with Crippen LogP contribution in [0.2, 0.25) is 0 Å². The maximum atomic E-state index is 11.8. The molecule has 6 heteroatoms. The Bertz CT molecular complexity index is 169. The number of nitrogens with one attached hydrogen (secondary N) is 1. The molecular formula is C6H11F3N2O. The molecule has 0 aromatic rings. The zero-order valence-electron chi connectivity index (χ0n) is 6.77. The van der Waals surface area contributed by atoms with E-state index in [1.165, 1.54) is 6.92 Å². The number of rotatable bonds is 3. The predicted octanol–water partition coefficient (Wildman–Crippen LogP) is 1.28. The molecule has 0 amide bonds. The lowest BCUT2D eigenvalue weighted by Gasteiger charge is -2.20. The standard InChI is InChI=1S/C6H11F3N2O/c1-3(5(10)11)12-4(2)6(7,8)9/h3-4H,1-2H3,(H3,10,11). The van der Waals surface area contributed by atoms with Crippen molar-refractivity contribution in [2.45, 2.75) is 32.2 Å². The molecule has 0 spiro atoms. The van der Waals surface area contributed by atoms with Gasteiger partial charge in [-0.2, -0.15) is 13.2 Å². The van der Waals surface area contributed by atoms with Crippen LogP contribution in [0.1, 0.15) is 13.8 Å². The average Bonchev–Trinajstić information content (AvgIpc) is 1.85. The van der Waals surface area contributed by atoms with Crippen molar-refractivity contribution in [3.05, 3.63) is 0 Å². The molecule has 2 unspecified atom stereocenters. The minimum absolute atomic E-state index is 0.411. The normalized spacial score (nSPS) is 17.1. The largest absolute Gasteiger partial charge is 0.414 e. The lowest BCUT2D eigenvalue weighted by Crippen LogP contribution is -2.37. The van der Waals surface area contributed by atoms with E-state index in [4.69, 9.17) is 11.1 Å². The Hall–Kier alpha value is -0.780. The molecule has 72 valence electrons. The van der Waals surface area contributed by atoms with Crippen molar-refractivity contribution in [3.63, 3.8) is 0 Å². The molecule has 0 radical (unpaired) electrons. The first-order valence-electron chi connectivity index (χ1n) is 3.31. The van der Waals surface area contributed by atoms with Gasteiger partial charge in [0, 0.05) is 0 Å². The van der Waals surface area contributed by atoms with E-state index in [2.05, 4.69) is 4.74 Å². The second-order valence-corrected chi connectivity index (χ2v) is 2.42. The first kappa shape index (κ1) is 11.2. The number of ether oxygens (including phenoxy) is 1. The number of nitrogens with two attached hydrogens (primary N) is 1. The summed E-state index contributed by atoms with van der Waals surface area (Å²) in [7, 11) is 0. The van der Waals surface area contributed by atoms with Gasteiger partial charge in [-0.1, -0.05) is 0 Å². The molecular weight excluding hydrogens is 173 g/mol. The molecule has 3 N–H and O–H groups in total. The monoisotopic (exact) mass is 184 g/mol. The molecule has 0 saturated carbocycles. The fraction of sp³-hybridized carbons (Fsp3) is 0.833. The van der Waals surface area contributed by atoms with E-state index in [1.54, 1.807) is 0 Å². The summed E-state index contributed by atoms with van der Waals surface area (Å²) in [5.41, 5.74) is 4.92. The summed E-state index contributed by atoms with van der Waals surface area (Å²) in [6, 6.07) is 0. The number of hydrogen-bond acceptors (Lipinski definition) is 2.